The lowest BCUT2D eigenvalue weighted by Crippen LogP contribution is -2.29. The maximum Gasteiger partial charge on any atom is 0.488 e. The number of carbonyl (C=O) groups is 6. The zero-order valence-electron chi connectivity index (χ0n) is 80.1. The highest BCUT2D eigenvalue weighted by Gasteiger charge is 2.10. The molecule has 0 amide bonds. The minimum atomic E-state index is -1.34. The molecule has 0 radical (unpaired) electrons. The SMILES string of the molecule is C.C.C.CC.CC.CC.CC(=O)O.COC(C)=O.COC(C)=O.COC(C)=O.COC(C)=O.COC(C)=O.Cc1cc(-c2ccccc2)ccn1.Cc1ccncc1.OB(O)c1ccccc1.OB(O)c1ccccc1.[O-][n+]1ccc(-c2ccccc2)cc1.c1ccc(-c2ccnc(-c3ccccc3)c2)cc1.c1ccc(-c2ccnc(-c3ccccc3)c2)cc1.c1ccc(-c2ccncc2)cc1. The number of nitrogens with zero attached hydrogens (tertiary/aromatic N) is 6. The number of methoxy groups -OCH3 is 5. The topological polar surface area (TPSA) is 341 Å². The summed E-state index contributed by atoms with van der Waals surface area (Å²) in [6.45, 7) is 23.9. The number of benzene rings is 9. The Hall–Kier alpha value is -15.5. The molecule has 15 aromatic rings. The average molecular weight is 1860 g/mol. The summed E-state index contributed by atoms with van der Waals surface area (Å²) >= 11 is 0. The van der Waals surface area contributed by atoms with Crippen molar-refractivity contribution in [2.45, 2.75) is 119 Å². The molecule has 0 aliphatic carbocycles. The van der Waals surface area contributed by atoms with E-state index in [-0.39, 0.29) is 52.1 Å². The van der Waals surface area contributed by atoms with Crippen LogP contribution in [0.2, 0.25) is 0 Å². The van der Waals surface area contributed by atoms with Gasteiger partial charge in [-0.05, 0) is 147 Å². The van der Waals surface area contributed by atoms with Gasteiger partial charge in [-0.15, -0.1) is 0 Å². The van der Waals surface area contributed by atoms with Crippen LogP contribution in [0.25, 0.3) is 78.1 Å². The van der Waals surface area contributed by atoms with Crippen LogP contribution >= 0.6 is 0 Å². The van der Waals surface area contributed by atoms with Crippen molar-refractivity contribution in [3.05, 3.63) is 418 Å². The van der Waals surface area contributed by atoms with Crippen molar-refractivity contribution in [2.24, 2.45) is 0 Å². The quantitative estimate of drug-likeness (QED) is 0.0295. The van der Waals surface area contributed by atoms with Gasteiger partial charge in [0.1, 0.15) is 0 Å². The number of carboxylic acid groups (broad SMARTS) is 1. The Balaban J connectivity index is -0.000000465. The first-order chi connectivity index (χ1) is 64.6. The summed E-state index contributed by atoms with van der Waals surface area (Å²) in [5.41, 5.74) is 19.6. The number of ether oxygens (including phenoxy) is 5. The number of carboxylic acids is 1. The minimum absolute atomic E-state index is 0. The molecule has 15 rings (SSSR count). The molecule has 0 atom stereocenters. The van der Waals surface area contributed by atoms with Crippen LogP contribution in [0.5, 0.6) is 0 Å². The van der Waals surface area contributed by atoms with E-state index < -0.39 is 20.2 Å². The van der Waals surface area contributed by atoms with Crippen LogP contribution < -0.4 is 15.7 Å². The molecule has 25 heteroatoms. The van der Waals surface area contributed by atoms with Crippen molar-refractivity contribution in [3.8, 4) is 78.1 Å². The fourth-order valence-corrected chi connectivity index (χ4v) is 9.46. The number of esters is 5. The van der Waals surface area contributed by atoms with Gasteiger partial charge in [0.05, 0.1) is 46.9 Å². The first-order valence-electron chi connectivity index (χ1n) is 42.6. The minimum Gasteiger partial charge on any atom is -0.619 e. The summed E-state index contributed by atoms with van der Waals surface area (Å²) < 4.78 is 21.3. The monoisotopic (exact) mass is 1860 g/mol. The highest BCUT2D eigenvalue weighted by atomic mass is 16.5. The molecule has 0 aliphatic heterocycles. The summed E-state index contributed by atoms with van der Waals surface area (Å²) in [7, 11) is 4.06. The summed E-state index contributed by atoms with van der Waals surface area (Å²) in [6, 6.07) is 113. The van der Waals surface area contributed by atoms with Crippen molar-refractivity contribution in [2.75, 3.05) is 35.5 Å². The number of hydrogen-bond donors (Lipinski definition) is 5. The third kappa shape index (κ3) is 67.3. The Bertz CT molecular complexity index is 5030. The van der Waals surface area contributed by atoms with E-state index in [1.165, 1.54) is 133 Å². The molecule has 0 aliphatic rings. The van der Waals surface area contributed by atoms with Crippen molar-refractivity contribution >= 4 is 61.0 Å². The largest absolute Gasteiger partial charge is 0.619 e. The third-order valence-electron chi connectivity index (χ3n) is 16.1. The van der Waals surface area contributed by atoms with Gasteiger partial charge < -0.3 is 54.1 Å². The molecule has 137 heavy (non-hydrogen) atoms. The molecule has 5 N–H and O–H groups in total. The van der Waals surface area contributed by atoms with Crippen LogP contribution in [0.1, 0.15) is 117 Å². The Labute approximate surface area is 814 Å². The van der Waals surface area contributed by atoms with E-state index in [2.05, 4.69) is 164 Å². The van der Waals surface area contributed by atoms with E-state index in [1.807, 2.05) is 268 Å². The van der Waals surface area contributed by atoms with E-state index in [9.17, 15) is 29.2 Å². The molecule has 0 saturated carbocycles. The van der Waals surface area contributed by atoms with Crippen LogP contribution in [-0.4, -0.2) is 136 Å². The average Bonchev–Trinajstić information content (AvgIpc) is 0.838. The van der Waals surface area contributed by atoms with Gasteiger partial charge in [0.25, 0.3) is 5.97 Å². The van der Waals surface area contributed by atoms with Crippen molar-refractivity contribution in [3.63, 3.8) is 0 Å². The zero-order chi connectivity index (χ0) is 100. The summed E-state index contributed by atoms with van der Waals surface area (Å²) in [4.78, 5) is 77.8. The molecule has 0 fully saturated rings. The van der Waals surface area contributed by atoms with Crippen LogP contribution in [0.4, 0.5) is 0 Å². The summed E-state index contributed by atoms with van der Waals surface area (Å²) in [5.74, 6) is -2.06. The van der Waals surface area contributed by atoms with E-state index in [0.29, 0.717) is 10.9 Å². The third-order valence-corrected chi connectivity index (χ3v) is 16.1. The second-order valence-corrected chi connectivity index (χ2v) is 25.9. The standard InChI is InChI=1S/2C17H13N.C12H11N.C11H9NO.C11H9N.2C6H7BO2.C6H7N.5C3H6O2.C2H4O2.3C2H6.3CH4/c2*1-3-7-14(8-4-1)16-11-12-18-17(13-16)15-9-5-2-6-10-15;1-10-9-12(7-8-13-10)11-5-3-2-4-6-11;13-12-8-6-11(7-9-12)10-4-2-1-3-5-10;1-2-4-10(5-3-1)11-6-8-12-9-7-11;2*8-7(9)6-4-2-1-3-5-6;1-6-2-4-7-5-3-6;5*1-3(4)5-2;1-2(3)4;3*1-2;;;/h2*1-13H;2-9H,1H3;1-9H;1-9H;2*1-5,8-9H;2-5H,1H3;5*1-2H3;1H3,(H,3,4);3*1-2H3;3*1H4. The maximum atomic E-state index is 10.8. The number of aryl methyl sites for hydroxylation is 2. The lowest BCUT2D eigenvalue weighted by atomic mass is 9.81. The van der Waals surface area contributed by atoms with Crippen molar-refractivity contribution < 1.29 is 82.4 Å². The van der Waals surface area contributed by atoms with Gasteiger partial charge in [-0.2, -0.15) is 4.73 Å². The van der Waals surface area contributed by atoms with E-state index >= 15 is 0 Å². The lowest BCUT2D eigenvalue weighted by molar-refractivity contribution is -0.605. The predicted octanol–water partition coefficient (Wildman–Crippen LogP) is 22.7. The maximum absolute atomic E-state index is 10.8. The Morgan fingerprint density at radius 1 is 0.270 bits per heavy atom. The van der Waals surface area contributed by atoms with E-state index in [4.69, 9.17) is 30.0 Å². The number of rotatable bonds is 9. The van der Waals surface area contributed by atoms with Crippen LogP contribution in [0, 0.1) is 19.1 Å². The van der Waals surface area contributed by atoms with Crippen LogP contribution in [0.3, 0.4) is 0 Å². The van der Waals surface area contributed by atoms with E-state index in [1.54, 1.807) is 60.9 Å². The first kappa shape index (κ1) is 130. The van der Waals surface area contributed by atoms with Crippen LogP contribution in [0.15, 0.2) is 402 Å². The second kappa shape index (κ2) is 85.9. The number of aliphatic carboxylic acids is 1. The molecule has 0 saturated heterocycles. The molecule has 0 spiro atoms. The Kier molecular flexibility index (Phi) is 81.5. The Morgan fingerprint density at radius 3 is 0.657 bits per heavy atom. The molecule has 726 valence electrons. The van der Waals surface area contributed by atoms with Gasteiger partial charge in [0, 0.05) is 114 Å². The molecule has 0 bridgehead atoms. The molecule has 23 nitrogen and oxygen atoms in total. The molecular weight excluding hydrogens is 1720 g/mol. The predicted molar refractivity (Wildman–Crippen MR) is 563 cm³/mol. The normalized spacial score (nSPS) is 8.61. The Morgan fingerprint density at radius 2 is 0.453 bits per heavy atom. The molecule has 9 aromatic carbocycles. The number of carbonyl (C=O) groups excluding carboxylic acids is 5. The van der Waals surface area contributed by atoms with E-state index in [0.717, 1.165) is 51.0 Å². The van der Waals surface area contributed by atoms with Gasteiger partial charge in [-0.25, -0.2) is 0 Å². The first-order valence-corrected chi connectivity index (χ1v) is 42.6. The smallest absolute Gasteiger partial charge is 0.488 e. The second-order valence-electron chi connectivity index (χ2n) is 25.9. The zero-order valence-corrected chi connectivity index (χ0v) is 80.1. The number of pyridine rings is 6. The summed E-state index contributed by atoms with van der Waals surface area (Å²) in [6.07, 6.45) is 15.8. The highest BCUT2D eigenvalue weighted by Crippen LogP contribution is 2.27. The van der Waals surface area contributed by atoms with Crippen LogP contribution in [-0.2, 0) is 52.5 Å². The molecule has 0 unspecified atom stereocenters. The van der Waals surface area contributed by atoms with Gasteiger partial charge >= 0.3 is 44.1 Å². The summed E-state index contributed by atoms with van der Waals surface area (Å²) in [5, 5.41) is 52.5. The number of hydrogen-bond acceptors (Lipinski definition) is 21. The van der Waals surface area contributed by atoms with Gasteiger partial charge in [-0.3, -0.25) is 53.7 Å². The van der Waals surface area contributed by atoms with Gasteiger partial charge in [0.15, 0.2) is 12.4 Å². The fourth-order valence-electron chi connectivity index (χ4n) is 9.46. The molecule has 6 heterocycles. The molecular formula is C112H140B2N6O17. The molecule has 6 aromatic heterocycles. The van der Waals surface area contributed by atoms with Gasteiger partial charge in [-0.1, -0.05) is 337 Å². The highest BCUT2D eigenvalue weighted by molar-refractivity contribution is 6.58. The number of aromatic nitrogens is 6. The van der Waals surface area contributed by atoms with Crippen molar-refractivity contribution in [1.29, 1.82) is 0 Å². The fraction of sp³-hybridized carbons (Fsp3) is 0.196. The van der Waals surface area contributed by atoms with Crippen molar-refractivity contribution in [1.82, 2.24) is 24.9 Å². The van der Waals surface area contributed by atoms with Gasteiger partial charge in [0.2, 0.25) is 0 Å². The lowest BCUT2D eigenvalue weighted by Gasteiger charge is -2.04.